The summed E-state index contributed by atoms with van der Waals surface area (Å²) >= 11 is 0. The molecule has 2 aliphatic heterocycles. The number of hydrogen-bond donors (Lipinski definition) is 0. The number of ether oxygens (including phenoxy) is 2. The zero-order valence-electron chi connectivity index (χ0n) is 18.8. The number of fused-ring (bicyclic) bond motifs is 1. The Balaban J connectivity index is 1.67. The molecule has 0 spiro atoms. The zero-order valence-corrected chi connectivity index (χ0v) is 18.8. The highest BCUT2D eigenvalue weighted by atomic mass is 16.5. The van der Waals surface area contributed by atoms with Crippen molar-refractivity contribution in [2.45, 2.75) is 32.6 Å². The van der Waals surface area contributed by atoms with Gasteiger partial charge in [-0.1, -0.05) is 49.7 Å². The normalized spacial score (nSPS) is 15.7. The van der Waals surface area contributed by atoms with Gasteiger partial charge in [0.25, 0.3) is 11.8 Å². The van der Waals surface area contributed by atoms with E-state index in [0.29, 0.717) is 55.3 Å². The lowest BCUT2D eigenvalue weighted by Crippen LogP contribution is -2.36. The van der Waals surface area contributed by atoms with Crippen LogP contribution in [0, 0.1) is 0 Å². The van der Waals surface area contributed by atoms with Crippen LogP contribution in [0.25, 0.3) is 5.57 Å². The van der Waals surface area contributed by atoms with Crippen molar-refractivity contribution in [3.8, 4) is 5.75 Å². The van der Waals surface area contributed by atoms with E-state index in [2.05, 4.69) is 13.0 Å². The number of carbonyl (C=O) groups excluding carboxylic acids is 2. The minimum Gasteiger partial charge on any atom is -0.496 e. The Morgan fingerprint density at radius 2 is 1.69 bits per heavy atom. The molecule has 4 rings (SSSR count). The molecule has 0 unspecified atom stereocenters. The molecule has 2 aromatic carbocycles. The monoisotopic (exact) mass is 434 g/mol. The van der Waals surface area contributed by atoms with Gasteiger partial charge in [0.1, 0.15) is 11.4 Å². The molecule has 2 heterocycles. The van der Waals surface area contributed by atoms with Crippen LogP contribution in [0.3, 0.4) is 0 Å². The number of rotatable bonds is 10. The van der Waals surface area contributed by atoms with E-state index in [4.69, 9.17) is 9.47 Å². The number of para-hydroxylation sites is 2. The van der Waals surface area contributed by atoms with Crippen molar-refractivity contribution >= 4 is 23.1 Å². The van der Waals surface area contributed by atoms with Crippen LogP contribution in [0.5, 0.6) is 5.75 Å². The Bertz CT molecular complexity index is 1030. The van der Waals surface area contributed by atoms with E-state index < -0.39 is 0 Å². The third-order valence-corrected chi connectivity index (χ3v) is 5.99. The highest BCUT2D eigenvalue weighted by Gasteiger charge is 2.43. The summed E-state index contributed by atoms with van der Waals surface area (Å²) in [6.45, 7) is 4.36. The lowest BCUT2D eigenvalue weighted by Gasteiger charge is -2.22. The van der Waals surface area contributed by atoms with Gasteiger partial charge in [0.15, 0.2) is 0 Å². The molecule has 168 valence electrons. The summed E-state index contributed by atoms with van der Waals surface area (Å²) in [7, 11) is 1.58. The molecule has 0 fully saturated rings. The Morgan fingerprint density at radius 1 is 0.938 bits per heavy atom. The summed E-state index contributed by atoms with van der Waals surface area (Å²) in [5.74, 6) is 0.0620. The third kappa shape index (κ3) is 4.15. The van der Waals surface area contributed by atoms with Crippen molar-refractivity contribution in [2.24, 2.45) is 0 Å². The van der Waals surface area contributed by atoms with Gasteiger partial charge in [-0.3, -0.25) is 14.5 Å². The Morgan fingerprint density at radius 3 is 2.50 bits per heavy atom. The molecule has 2 aliphatic rings. The smallest absolute Gasteiger partial charge is 0.278 e. The van der Waals surface area contributed by atoms with Crippen LogP contribution in [0.2, 0.25) is 0 Å². The first kappa shape index (κ1) is 22.1. The second-order valence-corrected chi connectivity index (χ2v) is 8.04. The van der Waals surface area contributed by atoms with E-state index in [1.165, 1.54) is 10.5 Å². The summed E-state index contributed by atoms with van der Waals surface area (Å²) < 4.78 is 11.2. The fraction of sp³-hybridized carbons (Fsp3) is 0.385. The van der Waals surface area contributed by atoms with E-state index in [0.717, 1.165) is 24.9 Å². The first-order valence-corrected chi connectivity index (χ1v) is 11.3. The summed E-state index contributed by atoms with van der Waals surface area (Å²) in [6.07, 6.45) is 3.55. The number of hydrogen-bond acceptors (Lipinski definition) is 5. The fourth-order valence-corrected chi connectivity index (χ4v) is 4.35. The molecule has 6 heteroatoms. The molecule has 0 saturated heterocycles. The van der Waals surface area contributed by atoms with Crippen LogP contribution < -0.4 is 9.64 Å². The summed E-state index contributed by atoms with van der Waals surface area (Å²) in [6, 6.07) is 15.4. The van der Waals surface area contributed by atoms with Crippen molar-refractivity contribution in [1.29, 1.82) is 0 Å². The minimum absolute atomic E-state index is 0.249. The van der Waals surface area contributed by atoms with Crippen LogP contribution in [0.1, 0.15) is 37.3 Å². The van der Waals surface area contributed by atoms with Gasteiger partial charge in [-0.2, -0.15) is 0 Å². The minimum atomic E-state index is -0.271. The van der Waals surface area contributed by atoms with Gasteiger partial charge >= 0.3 is 0 Å². The van der Waals surface area contributed by atoms with Crippen LogP contribution >= 0.6 is 0 Å². The van der Waals surface area contributed by atoms with Crippen molar-refractivity contribution in [2.75, 3.05) is 38.3 Å². The SMILES string of the molecule is CCCCOCCCN1C(=O)C(c2ccccc2OC)=C(N2CCc3ccccc32)C1=O. The second kappa shape index (κ2) is 10.0. The molecule has 0 bridgehead atoms. The molecular formula is C26H30N2O4. The molecule has 0 saturated carbocycles. The molecule has 0 radical (unpaired) electrons. The van der Waals surface area contributed by atoms with E-state index >= 15 is 0 Å². The van der Waals surface area contributed by atoms with Gasteiger partial charge < -0.3 is 14.4 Å². The molecule has 0 atom stereocenters. The Hall–Kier alpha value is -3.12. The standard InChI is InChI=1S/C26H30N2O4/c1-3-4-17-32-18-9-15-28-25(29)23(20-11-6-8-13-22(20)31-2)24(26(28)30)27-16-14-19-10-5-7-12-21(19)27/h5-8,10-13H,3-4,9,14-18H2,1-2H3. The van der Waals surface area contributed by atoms with Gasteiger partial charge in [0.2, 0.25) is 0 Å². The summed E-state index contributed by atoms with van der Waals surface area (Å²) in [5, 5.41) is 0. The predicted octanol–water partition coefficient (Wildman–Crippen LogP) is 4.04. The topological polar surface area (TPSA) is 59.1 Å². The number of carbonyl (C=O) groups is 2. The van der Waals surface area contributed by atoms with Gasteiger partial charge in [0, 0.05) is 37.6 Å². The molecule has 0 aliphatic carbocycles. The van der Waals surface area contributed by atoms with Crippen molar-refractivity contribution < 1.29 is 19.1 Å². The average molecular weight is 435 g/mol. The van der Waals surface area contributed by atoms with Gasteiger partial charge in [-0.25, -0.2) is 0 Å². The van der Waals surface area contributed by atoms with Gasteiger partial charge in [-0.15, -0.1) is 0 Å². The Labute approximate surface area is 189 Å². The second-order valence-electron chi connectivity index (χ2n) is 8.04. The Kier molecular flexibility index (Phi) is 6.90. The maximum atomic E-state index is 13.6. The lowest BCUT2D eigenvalue weighted by molar-refractivity contribution is -0.137. The van der Waals surface area contributed by atoms with Crippen LogP contribution in [-0.4, -0.2) is 50.1 Å². The molecule has 6 nitrogen and oxygen atoms in total. The predicted molar refractivity (Wildman–Crippen MR) is 124 cm³/mol. The average Bonchev–Trinajstić information content (AvgIpc) is 3.34. The number of anilines is 1. The van der Waals surface area contributed by atoms with E-state index in [-0.39, 0.29) is 11.8 Å². The maximum Gasteiger partial charge on any atom is 0.278 e. The lowest BCUT2D eigenvalue weighted by atomic mass is 10.0. The van der Waals surface area contributed by atoms with Crippen molar-refractivity contribution in [1.82, 2.24) is 4.90 Å². The molecule has 2 amide bonds. The number of imide groups is 1. The molecule has 2 aromatic rings. The number of methoxy groups -OCH3 is 1. The molecule has 0 aromatic heterocycles. The zero-order chi connectivity index (χ0) is 22.5. The highest BCUT2D eigenvalue weighted by Crippen LogP contribution is 2.40. The van der Waals surface area contributed by atoms with Gasteiger partial charge in [-0.05, 0) is 37.0 Å². The van der Waals surface area contributed by atoms with Crippen LogP contribution in [0.15, 0.2) is 54.2 Å². The fourth-order valence-electron chi connectivity index (χ4n) is 4.35. The molecule has 0 N–H and O–H groups in total. The van der Waals surface area contributed by atoms with Crippen molar-refractivity contribution in [3.05, 3.63) is 65.4 Å². The number of unbranched alkanes of at least 4 members (excludes halogenated alkanes) is 1. The van der Waals surface area contributed by atoms with Crippen LogP contribution in [-0.2, 0) is 20.7 Å². The molecule has 32 heavy (non-hydrogen) atoms. The number of amides is 2. The largest absolute Gasteiger partial charge is 0.496 e. The quantitative estimate of drug-likeness (QED) is 0.417. The maximum absolute atomic E-state index is 13.6. The van der Waals surface area contributed by atoms with E-state index in [1.54, 1.807) is 7.11 Å². The van der Waals surface area contributed by atoms with E-state index in [1.807, 2.05) is 47.4 Å². The van der Waals surface area contributed by atoms with Crippen LogP contribution in [0.4, 0.5) is 5.69 Å². The van der Waals surface area contributed by atoms with Crippen molar-refractivity contribution in [3.63, 3.8) is 0 Å². The van der Waals surface area contributed by atoms with E-state index in [9.17, 15) is 9.59 Å². The molecular weight excluding hydrogens is 404 g/mol. The van der Waals surface area contributed by atoms with Gasteiger partial charge in [0.05, 0.1) is 12.7 Å². The first-order chi connectivity index (χ1) is 15.7. The summed E-state index contributed by atoms with van der Waals surface area (Å²) in [5.41, 5.74) is 3.67. The number of nitrogens with zero attached hydrogens (tertiary/aromatic N) is 2. The summed E-state index contributed by atoms with van der Waals surface area (Å²) in [4.78, 5) is 30.5. The third-order valence-electron chi connectivity index (χ3n) is 5.99. The highest BCUT2D eigenvalue weighted by molar-refractivity contribution is 6.37. The number of benzene rings is 2. The first-order valence-electron chi connectivity index (χ1n) is 11.3.